The van der Waals surface area contributed by atoms with E-state index >= 15 is 0 Å². The van der Waals surface area contributed by atoms with Gasteiger partial charge in [0, 0.05) is 19.0 Å². The number of hydrogen-bond acceptors (Lipinski definition) is 3. The number of carboxylic acids is 1. The molecule has 1 saturated carbocycles. The highest BCUT2D eigenvalue weighted by Gasteiger charge is 2.44. The van der Waals surface area contributed by atoms with Crippen LogP contribution in [0, 0.1) is 5.92 Å². The maximum absolute atomic E-state index is 12.2. The molecule has 5 nitrogen and oxygen atoms in total. The highest BCUT2D eigenvalue weighted by atomic mass is 16.4. The first-order valence-corrected chi connectivity index (χ1v) is 6.74. The van der Waals surface area contributed by atoms with Crippen molar-refractivity contribution >= 4 is 11.9 Å². The van der Waals surface area contributed by atoms with E-state index in [0.29, 0.717) is 18.9 Å². The molecule has 18 heavy (non-hydrogen) atoms. The number of piperidine rings is 1. The lowest BCUT2D eigenvalue weighted by Crippen LogP contribution is -2.58. The lowest BCUT2D eigenvalue weighted by Gasteiger charge is -2.42. The summed E-state index contributed by atoms with van der Waals surface area (Å²) < 4.78 is 0. The molecule has 2 aliphatic rings. The van der Waals surface area contributed by atoms with Crippen molar-refractivity contribution in [2.75, 3.05) is 6.54 Å². The number of carboxylic acid groups (broad SMARTS) is 1. The van der Waals surface area contributed by atoms with Crippen molar-refractivity contribution in [2.45, 2.75) is 57.0 Å². The second-order valence-electron chi connectivity index (χ2n) is 5.79. The minimum Gasteiger partial charge on any atom is -0.480 e. The van der Waals surface area contributed by atoms with Crippen molar-refractivity contribution < 1.29 is 14.7 Å². The van der Waals surface area contributed by atoms with Crippen LogP contribution >= 0.6 is 0 Å². The third kappa shape index (κ3) is 2.51. The molecule has 0 aromatic rings. The molecule has 2 atom stereocenters. The fraction of sp³-hybridized carbons (Fsp3) is 0.846. The van der Waals surface area contributed by atoms with Crippen LogP contribution in [0.15, 0.2) is 0 Å². The van der Waals surface area contributed by atoms with Crippen LogP contribution in [0.2, 0.25) is 0 Å². The molecule has 0 radical (unpaired) electrons. The minimum absolute atomic E-state index is 0.0981. The molecule has 0 aromatic heterocycles. The van der Waals surface area contributed by atoms with Crippen molar-refractivity contribution in [3.8, 4) is 0 Å². The van der Waals surface area contributed by atoms with E-state index in [1.807, 2.05) is 0 Å². The Morgan fingerprint density at radius 1 is 1.44 bits per heavy atom. The van der Waals surface area contributed by atoms with Gasteiger partial charge in [0.2, 0.25) is 5.91 Å². The van der Waals surface area contributed by atoms with Gasteiger partial charge in [0.1, 0.15) is 5.54 Å². The summed E-state index contributed by atoms with van der Waals surface area (Å²) in [6.45, 7) is 2.19. The fourth-order valence-corrected chi connectivity index (χ4v) is 2.75. The second kappa shape index (κ2) is 4.88. The summed E-state index contributed by atoms with van der Waals surface area (Å²) in [4.78, 5) is 25.2. The first-order valence-electron chi connectivity index (χ1n) is 6.74. The Morgan fingerprint density at radius 3 is 2.67 bits per heavy atom. The summed E-state index contributed by atoms with van der Waals surface area (Å²) in [6, 6.07) is -0.0996. The number of carbonyl (C=O) groups is 2. The summed E-state index contributed by atoms with van der Waals surface area (Å²) in [7, 11) is 0. The maximum Gasteiger partial charge on any atom is 0.329 e. The maximum atomic E-state index is 12.2. The molecule has 2 unspecified atom stereocenters. The lowest BCUT2D eigenvalue weighted by atomic mass is 9.88. The van der Waals surface area contributed by atoms with Crippen LogP contribution in [-0.2, 0) is 9.59 Å². The van der Waals surface area contributed by atoms with E-state index in [1.54, 1.807) is 6.92 Å². The van der Waals surface area contributed by atoms with E-state index in [2.05, 4.69) is 0 Å². The van der Waals surface area contributed by atoms with E-state index in [4.69, 9.17) is 5.73 Å². The van der Waals surface area contributed by atoms with Crippen LogP contribution in [0.3, 0.4) is 0 Å². The first-order chi connectivity index (χ1) is 8.45. The largest absolute Gasteiger partial charge is 0.480 e. The van der Waals surface area contributed by atoms with E-state index in [9.17, 15) is 14.7 Å². The van der Waals surface area contributed by atoms with Gasteiger partial charge in [-0.2, -0.15) is 0 Å². The molecule has 1 heterocycles. The standard InChI is InChI=1S/C13H22N2O3/c1-13(12(17)18)6-2-3-7-15(13)11(16)8-10(14)9-4-5-9/h9-10H,2-8,14H2,1H3,(H,17,18). The zero-order chi connectivity index (χ0) is 13.3. The Balaban J connectivity index is 2.03. The molecule has 3 N–H and O–H groups in total. The Bertz CT molecular complexity index is 354. The van der Waals surface area contributed by atoms with Gasteiger partial charge < -0.3 is 15.7 Å². The van der Waals surface area contributed by atoms with Crippen LogP contribution in [0.25, 0.3) is 0 Å². The van der Waals surface area contributed by atoms with Crippen molar-refractivity contribution in [3.05, 3.63) is 0 Å². The zero-order valence-electron chi connectivity index (χ0n) is 10.9. The quantitative estimate of drug-likeness (QED) is 0.783. The summed E-state index contributed by atoms with van der Waals surface area (Å²) >= 11 is 0. The normalized spacial score (nSPS) is 30.0. The van der Waals surface area contributed by atoms with Crippen LogP contribution in [0.5, 0.6) is 0 Å². The van der Waals surface area contributed by atoms with Gasteiger partial charge in [0.05, 0.1) is 0 Å². The molecule has 5 heteroatoms. The minimum atomic E-state index is -1.04. The highest BCUT2D eigenvalue weighted by molar-refractivity contribution is 5.87. The molecule has 1 aliphatic heterocycles. The Morgan fingerprint density at radius 2 is 2.11 bits per heavy atom. The van der Waals surface area contributed by atoms with Crippen molar-refractivity contribution in [1.82, 2.24) is 4.90 Å². The molecular weight excluding hydrogens is 232 g/mol. The predicted molar refractivity (Wildman–Crippen MR) is 66.9 cm³/mol. The summed E-state index contributed by atoms with van der Waals surface area (Å²) in [5.74, 6) is -0.538. The highest BCUT2D eigenvalue weighted by Crippen LogP contribution is 2.34. The number of rotatable bonds is 4. The topological polar surface area (TPSA) is 83.6 Å². The lowest BCUT2D eigenvalue weighted by molar-refractivity contribution is -0.161. The number of nitrogens with zero attached hydrogens (tertiary/aromatic N) is 1. The van der Waals surface area contributed by atoms with E-state index in [0.717, 1.165) is 25.7 Å². The van der Waals surface area contributed by atoms with Gasteiger partial charge >= 0.3 is 5.97 Å². The third-order valence-electron chi connectivity index (χ3n) is 4.29. The van der Waals surface area contributed by atoms with Crippen LogP contribution in [0.1, 0.15) is 45.4 Å². The van der Waals surface area contributed by atoms with Gasteiger partial charge in [0.15, 0.2) is 0 Å². The first kappa shape index (κ1) is 13.3. The SMILES string of the molecule is CC1(C(=O)O)CCCCN1C(=O)CC(N)C1CC1. The molecule has 1 aliphatic carbocycles. The van der Waals surface area contributed by atoms with Crippen molar-refractivity contribution in [3.63, 3.8) is 0 Å². The summed E-state index contributed by atoms with van der Waals surface area (Å²) in [5.41, 5.74) is 4.91. The van der Waals surface area contributed by atoms with Gasteiger partial charge in [-0.1, -0.05) is 0 Å². The third-order valence-corrected chi connectivity index (χ3v) is 4.29. The number of carbonyl (C=O) groups excluding carboxylic acids is 1. The van der Waals surface area contributed by atoms with E-state index < -0.39 is 11.5 Å². The number of amides is 1. The molecule has 0 bridgehead atoms. The Kier molecular flexibility index (Phi) is 3.61. The summed E-state index contributed by atoms with van der Waals surface area (Å²) in [5, 5.41) is 9.35. The van der Waals surface area contributed by atoms with Crippen molar-refractivity contribution in [1.29, 1.82) is 0 Å². The second-order valence-corrected chi connectivity index (χ2v) is 5.79. The number of likely N-dealkylation sites (tertiary alicyclic amines) is 1. The van der Waals surface area contributed by atoms with Gasteiger partial charge in [0.25, 0.3) is 0 Å². The Hall–Kier alpha value is -1.10. The van der Waals surface area contributed by atoms with Crippen LogP contribution < -0.4 is 5.73 Å². The van der Waals surface area contributed by atoms with E-state index in [1.165, 1.54) is 4.90 Å². The molecule has 102 valence electrons. The Labute approximate surface area is 107 Å². The molecule has 2 fully saturated rings. The van der Waals surface area contributed by atoms with Gasteiger partial charge in [-0.05, 0) is 44.9 Å². The average molecular weight is 254 g/mol. The predicted octanol–water partition coefficient (Wildman–Crippen LogP) is 0.970. The van der Waals surface area contributed by atoms with Crippen LogP contribution in [0.4, 0.5) is 0 Å². The van der Waals surface area contributed by atoms with Gasteiger partial charge in [-0.25, -0.2) is 4.79 Å². The monoisotopic (exact) mass is 254 g/mol. The van der Waals surface area contributed by atoms with Crippen molar-refractivity contribution in [2.24, 2.45) is 11.7 Å². The molecular formula is C13H22N2O3. The molecule has 0 aromatic carbocycles. The average Bonchev–Trinajstić information content (AvgIpc) is 3.12. The summed E-state index contributed by atoms with van der Waals surface area (Å²) in [6.07, 6.45) is 4.77. The van der Waals surface area contributed by atoms with Gasteiger partial charge in [-0.15, -0.1) is 0 Å². The smallest absolute Gasteiger partial charge is 0.329 e. The van der Waals surface area contributed by atoms with Gasteiger partial charge in [-0.3, -0.25) is 4.79 Å². The number of hydrogen-bond donors (Lipinski definition) is 2. The molecule has 1 amide bonds. The number of nitrogens with two attached hydrogens (primary N) is 1. The zero-order valence-corrected chi connectivity index (χ0v) is 10.9. The number of aliphatic carboxylic acids is 1. The fourth-order valence-electron chi connectivity index (χ4n) is 2.75. The molecule has 2 rings (SSSR count). The van der Waals surface area contributed by atoms with E-state index in [-0.39, 0.29) is 18.4 Å². The van der Waals surface area contributed by atoms with Crippen LogP contribution in [-0.4, -0.2) is 40.0 Å². The molecule has 1 saturated heterocycles. The molecule has 0 spiro atoms.